The smallest absolute Gasteiger partial charge is 0.226 e. The van der Waals surface area contributed by atoms with Gasteiger partial charge in [-0.15, -0.1) is 0 Å². The Morgan fingerprint density at radius 2 is 2.05 bits per heavy atom. The van der Waals surface area contributed by atoms with Crippen molar-refractivity contribution >= 4 is 23.4 Å². The molecule has 102 valence electrons. The molecule has 0 aliphatic rings. The summed E-state index contributed by atoms with van der Waals surface area (Å²) in [6.07, 6.45) is 0.912. The lowest BCUT2D eigenvalue weighted by Crippen LogP contribution is -2.14. The van der Waals surface area contributed by atoms with E-state index in [9.17, 15) is 5.11 Å². The largest absolute Gasteiger partial charge is 0.444 e. The maximum Gasteiger partial charge on any atom is 0.226 e. The SMILES string of the molecule is OCC(O)CSCc1coc(-c2ccc(Cl)cc2)n1. The van der Waals surface area contributed by atoms with Crippen molar-refractivity contribution in [2.75, 3.05) is 12.4 Å². The Labute approximate surface area is 120 Å². The van der Waals surface area contributed by atoms with Gasteiger partial charge in [-0.3, -0.25) is 0 Å². The monoisotopic (exact) mass is 299 g/mol. The van der Waals surface area contributed by atoms with Crippen molar-refractivity contribution in [3.63, 3.8) is 0 Å². The third-order valence-corrected chi connectivity index (χ3v) is 3.79. The Kier molecular flexibility index (Phi) is 5.27. The molecular weight excluding hydrogens is 286 g/mol. The topological polar surface area (TPSA) is 66.5 Å². The van der Waals surface area contributed by atoms with E-state index in [1.54, 1.807) is 18.4 Å². The summed E-state index contributed by atoms with van der Waals surface area (Å²) in [7, 11) is 0. The van der Waals surface area contributed by atoms with E-state index in [0.29, 0.717) is 22.4 Å². The molecule has 1 heterocycles. The van der Waals surface area contributed by atoms with Gasteiger partial charge in [0, 0.05) is 22.1 Å². The van der Waals surface area contributed by atoms with E-state index in [1.807, 2.05) is 12.1 Å². The zero-order chi connectivity index (χ0) is 13.7. The van der Waals surface area contributed by atoms with E-state index in [1.165, 1.54) is 11.8 Å². The van der Waals surface area contributed by atoms with Crippen molar-refractivity contribution in [2.24, 2.45) is 0 Å². The first-order chi connectivity index (χ1) is 9.19. The number of hydrogen-bond donors (Lipinski definition) is 2. The van der Waals surface area contributed by atoms with Crippen LogP contribution in [-0.2, 0) is 5.75 Å². The van der Waals surface area contributed by atoms with Crippen LogP contribution in [0.4, 0.5) is 0 Å². The Hall–Kier alpha value is -1.01. The molecule has 4 nitrogen and oxygen atoms in total. The van der Waals surface area contributed by atoms with Crippen molar-refractivity contribution in [2.45, 2.75) is 11.9 Å². The fourth-order valence-corrected chi connectivity index (χ4v) is 2.41. The first kappa shape index (κ1) is 14.4. The number of halogens is 1. The van der Waals surface area contributed by atoms with E-state index in [-0.39, 0.29) is 6.61 Å². The van der Waals surface area contributed by atoms with Crippen LogP contribution >= 0.6 is 23.4 Å². The molecule has 0 amide bonds. The Bertz CT molecular complexity index is 515. The highest BCUT2D eigenvalue weighted by molar-refractivity contribution is 7.98. The molecule has 2 N–H and O–H groups in total. The number of aliphatic hydroxyl groups is 2. The number of thioether (sulfide) groups is 1. The highest BCUT2D eigenvalue weighted by atomic mass is 35.5. The second-order valence-corrected chi connectivity index (χ2v) is 5.47. The molecule has 0 saturated heterocycles. The lowest BCUT2D eigenvalue weighted by molar-refractivity contribution is 0.113. The Morgan fingerprint density at radius 1 is 1.32 bits per heavy atom. The van der Waals surface area contributed by atoms with Gasteiger partial charge in [-0.25, -0.2) is 4.98 Å². The normalized spacial score (nSPS) is 12.6. The van der Waals surface area contributed by atoms with Crippen LogP contribution in [0.3, 0.4) is 0 Å². The number of aliphatic hydroxyl groups excluding tert-OH is 2. The van der Waals surface area contributed by atoms with Crippen molar-refractivity contribution in [1.82, 2.24) is 4.98 Å². The average molecular weight is 300 g/mol. The van der Waals surface area contributed by atoms with E-state index < -0.39 is 6.10 Å². The molecule has 2 aromatic rings. The van der Waals surface area contributed by atoms with Crippen LogP contribution in [0.2, 0.25) is 5.02 Å². The van der Waals surface area contributed by atoms with Gasteiger partial charge in [0.1, 0.15) is 6.26 Å². The maximum atomic E-state index is 9.22. The van der Waals surface area contributed by atoms with Crippen LogP contribution in [-0.4, -0.2) is 33.7 Å². The lowest BCUT2D eigenvalue weighted by atomic mass is 10.2. The minimum absolute atomic E-state index is 0.220. The number of hydrogen-bond acceptors (Lipinski definition) is 5. The summed E-state index contributed by atoms with van der Waals surface area (Å²) in [5.74, 6) is 1.66. The summed E-state index contributed by atoms with van der Waals surface area (Å²) >= 11 is 7.31. The van der Waals surface area contributed by atoms with Gasteiger partial charge >= 0.3 is 0 Å². The molecule has 0 aliphatic carbocycles. The summed E-state index contributed by atoms with van der Waals surface area (Å²) in [5, 5.41) is 18.6. The molecule has 0 radical (unpaired) electrons. The predicted octanol–water partition coefficient (Wildman–Crippen LogP) is 2.58. The molecule has 1 aromatic carbocycles. The number of nitrogens with zero attached hydrogens (tertiary/aromatic N) is 1. The minimum atomic E-state index is -0.687. The molecule has 19 heavy (non-hydrogen) atoms. The van der Waals surface area contributed by atoms with Gasteiger partial charge in [-0.1, -0.05) is 11.6 Å². The van der Waals surface area contributed by atoms with E-state index in [4.69, 9.17) is 21.1 Å². The van der Waals surface area contributed by atoms with Gasteiger partial charge < -0.3 is 14.6 Å². The van der Waals surface area contributed by atoms with Gasteiger partial charge in [-0.2, -0.15) is 11.8 Å². The van der Waals surface area contributed by atoms with Gasteiger partial charge in [0.25, 0.3) is 0 Å². The lowest BCUT2D eigenvalue weighted by Gasteiger charge is -2.04. The molecule has 1 aromatic heterocycles. The minimum Gasteiger partial charge on any atom is -0.444 e. The van der Waals surface area contributed by atoms with Crippen LogP contribution in [0.5, 0.6) is 0 Å². The molecular formula is C13H14ClNO3S. The van der Waals surface area contributed by atoms with E-state index in [0.717, 1.165) is 11.3 Å². The zero-order valence-electron chi connectivity index (χ0n) is 10.1. The molecule has 6 heteroatoms. The van der Waals surface area contributed by atoms with Gasteiger partial charge in [0.05, 0.1) is 18.4 Å². The summed E-state index contributed by atoms with van der Waals surface area (Å²) in [5.41, 5.74) is 1.68. The fourth-order valence-electron chi connectivity index (χ4n) is 1.45. The average Bonchev–Trinajstić information content (AvgIpc) is 2.88. The molecule has 2 rings (SSSR count). The van der Waals surface area contributed by atoms with Crippen LogP contribution in [0.1, 0.15) is 5.69 Å². The predicted molar refractivity (Wildman–Crippen MR) is 76.2 cm³/mol. The van der Waals surface area contributed by atoms with E-state index >= 15 is 0 Å². The Morgan fingerprint density at radius 3 is 2.74 bits per heavy atom. The molecule has 1 atom stereocenters. The first-order valence-electron chi connectivity index (χ1n) is 5.76. The quantitative estimate of drug-likeness (QED) is 0.858. The van der Waals surface area contributed by atoms with Gasteiger partial charge in [0.2, 0.25) is 5.89 Å². The Balaban J connectivity index is 1.93. The number of oxazole rings is 1. The van der Waals surface area contributed by atoms with Crippen LogP contribution in [0.15, 0.2) is 34.9 Å². The summed E-state index contributed by atoms with van der Waals surface area (Å²) in [6.45, 7) is -0.220. The van der Waals surface area contributed by atoms with Crippen LogP contribution in [0.25, 0.3) is 11.5 Å². The van der Waals surface area contributed by atoms with Gasteiger partial charge in [0.15, 0.2) is 0 Å². The maximum absolute atomic E-state index is 9.22. The molecule has 1 unspecified atom stereocenters. The molecule has 0 fully saturated rings. The van der Waals surface area contributed by atoms with Gasteiger partial charge in [-0.05, 0) is 24.3 Å². The number of aromatic nitrogens is 1. The fraction of sp³-hybridized carbons (Fsp3) is 0.308. The third-order valence-electron chi connectivity index (χ3n) is 2.41. The van der Waals surface area contributed by atoms with Crippen molar-refractivity contribution in [3.8, 4) is 11.5 Å². The highest BCUT2D eigenvalue weighted by Crippen LogP contribution is 2.22. The van der Waals surface area contributed by atoms with Crippen molar-refractivity contribution < 1.29 is 14.6 Å². The summed E-state index contributed by atoms with van der Waals surface area (Å²) < 4.78 is 5.40. The summed E-state index contributed by atoms with van der Waals surface area (Å²) in [6, 6.07) is 7.27. The third kappa shape index (κ3) is 4.24. The zero-order valence-corrected chi connectivity index (χ0v) is 11.7. The second kappa shape index (κ2) is 6.96. The number of rotatable bonds is 6. The van der Waals surface area contributed by atoms with Crippen molar-refractivity contribution in [1.29, 1.82) is 0 Å². The van der Waals surface area contributed by atoms with Crippen LogP contribution in [0, 0.1) is 0 Å². The second-order valence-electron chi connectivity index (χ2n) is 4.00. The van der Waals surface area contributed by atoms with Crippen LogP contribution < -0.4 is 0 Å². The first-order valence-corrected chi connectivity index (χ1v) is 7.29. The van der Waals surface area contributed by atoms with Crippen molar-refractivity contribution in [3.05, 3.63) is 41.2 Å². The molecule has 0 bridgehead atoms. The molecule has 0 saturated carbocycles. The molecule has 0 spiro atoms. The summed E-state index contributed by atoms with van der Waals surface area (Å²) in [4.78, 5) is 4.36. The number of benzene rings is 1. The van der Waals surface area contributed by atoms with E-state index in [2.05, 4.69) is 4.98 Å². The highest BCUT2D eigenvalue weighted by Gasteiger charge is 2.08. The molecule has 0 aliphatic heterocycles. The standard InChI is InChI=1S/C13H14ClNO3S/c14-10-3-1-9(2-4-10)13-15-11(6-18-13)7-19-8-12(17)5-16/h1-4,6,12,16-17H,5,7-8H2.